The zero-order chi connectivity index (χ0) is 85.5. The first-order chi connectivity index (χ1) is 52.3. The number of amides is 5. The standard InChI is InChI=1S/C38H51N9O18.C26H42N2O18S/c1-2-22(51)26(31(58)30(57)24(53)14-49)45-25(54)10-21(37(64)65)44-34(60)19(28(55)29(56)23(52)13-48)9-18(50)7-8-20(36(62)63)43-33(59)15-3-5-16(6-4-15)40-11-17-12-41-32-27(42-17)35(61)47-38(39)46-32;1-9(24(41)42)2-11(31)4-12(19(36)20(37)15(33)6-29)23(40)27-13(26(45)46)5-17(35)28-18(22(39)21(38)16(34)7-30)14(32)3-10(8-47)25(43)44/h3-6,12,19-21,23-24,26,28-31,40,48-49,52-53,55-58H,2,7-11,13-14H2,1H3,(H,43,59)(H,44,60)(H,45,54)(H,62,63)(H,64,65)(H3,39,41,46,47,61);9-10,12-13,15-16,18-22,29-30,33-34,36-39,47H,2-8H2,1H3,(H,27,40)(H,28,35)(H,41,42)(H,43,44)(H,45,46)/t19-,20-,21-,23+,24+,26+,28+,29+,30+,31+;9-,10-,12-,13-,15+,16+,18+,19+,20+,21+,22+/m00/s1. The Morgan fingerprint density at radius 1 is 0.500 bits per heavy atom. The zero-order valence-corrected chi connectivity index (χ0v) is 60.4. The maximum Gasteiger partial charge on any atom is 0.326 e. The molecule has 47 nitrogen and oxygen atoms in total. The SMILES string of the molecule is CCC(=O)[C@@H](NC(=O)C[C@H](NC(=O)[C@@H](CC(=O)CC[C@H](NC(=O)c1ccc(NCc2cnc3nc(N)[nH]c(=O)c3n2)cc1)C(=O)O)[C@@H](O)[C@H](O)[C@H](O)CO)C(=O)O)[C@@H](O)[C@H](O)[C@H](O)CO.C[C@@H](CC(=O)C[C@H](C(=O)N[C@@H](CC(=O)N[C@H](C(=O)C[C@@H](CS)C(=O)O)[C@@H](O)[C@H](O)[C@H](O)CO)C(=O)O)[C@@H](O)[C@H](O)[C@H](O)CO)C(=O)O. The number of nitrogens with two attached hydrogens (primary N) is 1. The number of carboxylic acids is 5. The molecule has 5 amide bonds. The van der Waals surface area contributed by atoms with E-state index in [1.807, 2.05) is 21.3 Å². The topological polar surface area (TPSA) is 834 Å². The molecule has 112 heavy (non-hydrogen) atoms. The Hall–Kier alpha value is -9.87. The summed E-state index contributed by atoms with van der Waals surface area (Å²) in [5.74, 6) is -26.3. The number of aromatic nitrogens is 4. The van der Waals surface area contributed by atoms with E-state index in [2.05, 4.69) is 43.2 Å². The normalized spacial score (nSPS) is 17.1. The van der Waals surface area contributed by atoms with Gasteiger partial charge < -0.3 is 145 Å². The average Bonchev–Trinajstić information content (AvgIpc) is 0.817. The number of hydrogen-bond donors (Lipinski definition) is 30. The number of rotatable bonds is 51. The number of nitrogens with one attached hydrogen (secondary N) is 7. The van der Waals surface area contributed by atoms with Crippen molar-refractivity contribution in [1.29, 1.82) is 0 Å². The van der Waals surface area contributed by atoms with Crippen LogP contribution >= 0.6 is 12.6 Å². The van der Waals surface area contributed by atoms with Crippen LogP contribution in [0.5, 0.6) is 0 Å². The van der Waals surface area contributed by atoms with Crippen LogP contribution in [0.1, 0.15) is 87.7 Å². The minimum atomic E-state index is -2.39. The van der Waals surface area contributed by atoms with Gasteiger partial charge in [-0.25, -0.2) is 24.4 Å². The number of aromatic amines is 1. The largest absolute Gasteiger partial charge is 0.481 e. The van der Waals surface area contributed by atoms with E-state index in [-0.39, 0.29) is 41.4 Å². The number of nitrogens with zero attached hydrogens (tertiary/aromatic N) is 3. The van der Waals surface area contributed by atoms with Crippen LogP contribution in [0.25, 0.3) is 11.2 Å². The maximum atomic E-state index is 13.4. The number of hydrogen-bond acceptors (Lipinski definition) is 37. The quantitative estimate of drug-likeness (QED) is 0.0233. The number of fused-ring (bicyclic) bond motifs is 1. The van der Waals surface area contributed by atoms with Crippen LogP contribution in [-0.4, -0.2) is 345 Å². The molecule has 2 aromatic heterocycles. The average molecular weight is 1620 g/mol. The number of thiol groups is 1. The lowest BCUT2D eigenvalue weighted by Crippen LogP contribution is -2.57. The van der Waals surface area contributed by atoms with Gasteiger partial charge in [0, 0.05) is 55.5 Å². The molecule has 30 N–H and O–H groups in total. The maximum absolute atomic E-state index is 13.4. The summed E-state index contributed by atoms with van der Waals surface area (Å²) in [6.45, 7) is -1.89. The van der Waals surface area contributed by atoms with Gasteiger partial charge in [0.1, 0.15) is 103 Å². The third kappa shape index (κ3) is 30.7. The van der Waals surface area contributed by atoms with E-state index in [9.17, 15) is 159 Å². The van der Waals surface area contributed by atoms with Crippen molar-refractivity contribution in [3.63, 3.8) is 0 Å². The third-order valence-corrected chi connectivity index (χ3v) is 17.3. The van der Waals surface area contributed by atoms with Crippen LogP contribution in [0.4, 0.5) is 11.6 Å². The molecule has 0 aliphatic rings. The molecule has 626 valence electrons. The zero-order valence-electron chi connectivity index (χ0n) is 59.5. The van der Waals surface area contributed by atoms with Crippen molar-refractivity contribution in [2.24, 2.45) is 23.7 Å². The monoisotopic (exact) mass is 1620 g/mol. The number of Topliss-reactive ketones (excluding diaryl/α,β-unsaturated/α-hetero) is 4. The molecule has 0 aliphatic heterocycles. The molecule has 3 aromatic rings. The van der Waals surface area contributed by atoms with E-state index in [4.69, 9.17) is 26.2 Å². The van der Waals surface area contributed by atoms with Gasteiger partial charge in [-0.1, -0.05) is 13.8 Å². The van der Waals surface area contributed by atoms with E-state index >= 15 is 0 Å². The summed E-state index contributed by atoms with van der Waals surface area (Å²) in [4.78, 5) is 201. The highest BCUT2D eigenvalue weighted by Crippen LogP contribution is 2.23. The molecule has 21 atom stereocenters. The molecular weight excluding hydrogens is 1530 g/mol. The number of nitrogen functional groups attached to an aromatic ring is 1. The molecule has 0 spiro atoms. The number of anilines is 2. The van der Waals surface area contributed by atoms with Gasteiger partial charge in [-0.3, -0.25) is 62.5 Å². The number of benzene rings is 1. The van der Waals surface area contributed by atoms with Gasteiger partial charge in [0.05, 0.1) is 93.6 Å². The Labute approximate surface area is 637 Å². The van der Waals surface area contributed by atoms with Crippen LogP contribution in [0, 0.1) is 23.7 Å². The smallest absolute Gasteiger partial charge is 0.326 e. The molecule has 0 bridgehead atoms. The minimum Gasteiger partial charge on any atom is -0.481 e. The predicted octanol–water partition coefficient (Wildman–Crippen LogP) is -12.1. The van der Waals surface area contributed by atoms with Crippen LogP contribution in [-0.2, 0) is 68.9 Å². The van der Waals surface area contributed by atoms with E-state index in [1.165, 1.54) is 37.4 Å². The number of aliphatic carboxylic acids is 5. The number of carbonyl (C=O) groups is 14. The lowest BCUT2D eigenvalue weighted by Gasteiger charge is -2.30. The lowest BCUT2D eigenvalue weighted by atomic mass is 9.87. The van der Waals surface area contributed by atoms with Crippen LogP contribution in [0.2, 0.25) is 0 Å². The predicted molar refractivity (Wildman–Crippen MR) is 374 cm³/mol. The molecule has 0 unspecified atom stereocenters. The van der Waals surface area contributed by atoms with E-state index < -0.39 is 293 Å². The summed E-state index contributed by atoms with van der Waals surface area (Å²) in [5.41, 5.74) is 5.76. The van der Waals surface area contributed by atoms with Crippen molar-refractivity contribution in [1.82, 2.24) is 46.5 Å². The van der Waals surface area contributed by atoms with Crippen molar-refractivity contribution >= 4 is 118 Å². The number of ketones is 4. The number of carboxylic acid groups (broad SMARTS) is 5. The fraction of sp³-hybridized carbons (Fsp3) is 0.594. The third-order valence-electron chi connectivity index (χ3n) is 16.9. The van der Waals surface area contributed by atoms with Gasteiger partial charge in [-0.15, -0.1) is 0 Å². The molecule has 0 saturated carbocycles. The second kappa shape index (κ2) is 47.5. The first-order valence-corrected chi connectivity index (χ1v) is 34.3. The second-order valence-corrected chi connectivity index (χ2v) is 25.8. The highest BCUT2D eigenvalue weighted by atomic mass is 32.1. The minimum absolute atomic E-state index is 0.00600. The highest BCUT2D eigenvalue weighted by molar-refractivity contribution is 7.80. The molecule has 2 heterocycles. The number of aliphatic hydroxyl groups excluding tert-OH is 16. The van der Waals surface area contributed by atoms with Gasteiger partial charge in [0.15, 0.2) is 22.7 Å². The van der Waals surface area contributed by atoms with Crippen molar-refractivity contribution in [3.8, 4) is 0 Å². The number of aliphatic hydroxyl groups is 16. The Morgan fingerprint density at radius 2 is 0.929 bits per heavy atom. The van der Waals surface area contributed by atoms with Crippen molar-refractivity contribution < 1.29 is 174 Å². The molecule has 3 rings (SSSR count). The highest BCUT2D eigenvalue weighted by Gasteiger charge is 2.44. The Bertz CT molecular complexity index is 3790. The molecule has 0 fully saturated rings. The van der Waals surface area contributed by atoms with Crippen molar-refractivity contribution in [2.75, 3.05) is 43.2 Å². The fourth-order valence-electron chi connectivity index (χ4n) is 10.2. The van der Waals surface area contributed by atoms with Crippen LogP contribution in [0.15, 0.2) is 35.3 Å². The van der Waals surface area contributed by atoms with Crippen LogP contribution in [0.3, 0.4) is 0 Å². The number of H-pyrrole nitrogens is 1. The Morgan fingerprint density at radius 3 is 1.33 bits per heavy atom. The summed E-state index contributed by atoms with van der Waals surface area (Å²) >= 11 is 3.80. The number of carbonyl (C=O) groups excluding carboxylic acids is 9. The Balaban J connectivity index is 0.000000804. The van der Waals surface area contributed by atoms with Crippen molar-refractivity contribution in [2.45, 2.75) is 182 Å². The van der Waals surface area contributed by atoms with Gasteiger partial charge in [-0.2, -0.15) is 17.6 Å². The second-order valence-electron chi connectivity index (χ2n) is 25.4. The van der Waals surface area contributed by atoms with E-state index in [0.29, 0.717) is 11.4 Å². The summed E-state index contributed by atoms with van der Waals surface area (Å²) < 4.78 is 0. The molecule has 0 saturated heterocycles. The van der Waals surface area contributed by atoms with E-state index in [1.54, 1.807) is 0 Å². The van der Waals surface area contributed by atoms with Crippen molar-refractivity contribution in [3.05, 3.63) is 52.1 Å². The van der Waals surface area contributed by atoms with Gasteiger partial charge in [-0.05, 0) is 30.7 Å². The Kier molecular flexibility index (Phi) is 41.6. The first kappa shape index (κ1) is 98.2. The lowest BCUT2D eigenvalue weighted by molar-refractivity contribution is -0.149. The van der Waals surface area contributed by atoms with Gasteiger partial charge in [0.2, 0.25) is 29.6 Å². The van der Waals surface area contributed by atoms with E-state index in [0.717, 1.165) is 6.92 Å². The van der Waals surface area contributed by atoms with Gasteiger partial charge in [0.25, 0.3) is 11.5 Å². The summed E-state index contributed by atoms with van der Waals surface area (Å²) in [5, 5.41) is 219. The molecular formula is C64H93N11O36S. The molecule has 1 aromatic carbocycles. The first-order valence-electron chi connectivity index (χ1n) is 33.6. The summed E-state index contributed by atoms with van der Waals surface area (Å²) in [6.07, 6.45) is -32.7. The van der Waals surface area contributed by atoms with Gasteiger partial charge >= 0.3 is 29.8 Å². The summed E-state index contributed by atoms with van der Waals surface area (Å²) in [6, 6.07) is -4.61. The molecule has 0 aliphatic carbocycles. The summed E-state index contributed by atoms with van der Waals surface area (Å²) in [7, 11) is 0. The molecule has 0 radical (unpaired) electrons. The van der Waals surface area contributed by atoms with Crippen LogP contribution < -0.4 is 43.2 Å². The molecule has 48 heteroatoms. The fourth-order valence-corrected chi connectivity index (χ4v) is 10.5.